The van der Waals surface area contributed by atoms with Gasteiger partial charge in [-0.3, -0.25) is 0 Å². The zero-order valence-electron chi connectivity index (χ0n) is 14.0. The molecule has 0 bridgehead atoms. The molecule has 24 heavy (non-hydrogen) atoms. The van der Waals surface area contributed by atoms with Crippen LogP contribution in [0.5, 0.6) is 0 Å². The molecule has 1 aromatic heterocycles. The summed E-state index contributed by atoms with van der Waals surface area (Å²) in [7, 11) is 0. The molecule has 0 spiro atoms. The van der Waals surface area contributed by atoms with Gasteiger partial charge in [0.1, 0.15) is 5.82 Å². The van der Waals surface area contributed by atoms with Crippen molar-refractivity contribution in [3.05, 3.63) is 65.3 Å². The minimum Gasteiger partial charge on any atom is -0.376 e. The molecule has 2 aromatic carbocycles. The number of hydrogen-bond donors (Lipinski definition) is 1. The average molecular weight is 325 g/mol. The van der Waals surface area contributed by atoms with Gasteiger partial charge in [0.25, 0.3) is 0 Å². The summed E-state index contributed by atoms with van der Waals surface area (Å²) < 4.78 is 18.4. The third kappa shape index (κ3) is 3.62. The van der Waals surface area contributed by atoms with Crippen LogP contribution in [-0.4, -0.2) is 10.1 Å². The van der Waals surface area contributed by atoms with E-state index in [-0.39, 0.29) is 5.82 Å². The molecule has 0 radical (unpaired) electrons. The summed E-state index contributed by atoms with van der Waals surface area (Å²) in [5, 5.41) is 7.21. The molecule has 0 aliphatic rings. The van der Waals surface area contributed by atoms with Gasteiger partial charge in [-0.05, 0) is 42.2 Å². The highest BCUT2D eigenvalue weighted by Gasteiger charge is 2.10. The molecule has 0 aliphatic heterocycles. The van der Waals surface area contributed by atoms with Crippen molar-refractivity contribution in [2.24, 2.45) is 0 Å². The number of halogens is 1. The first-order valence-electron chi connectivity index (χ1n) is 7.96. The lowest BCUT2D eigenvalue weighted by atomic mass is 10.0. The van der Waals surface area contributed by atoms with Crippen LogP contribution in [-0.2, 0) is 6.54 Å². The molecule has 0 atom stereocenters. The fraction of sp³-hybridized carbons (Fsp3) is 0.263. The summed E-state index contributed by atoms with van der Waals surface area (Å²) >= 11 is 0. The number of nitrogens with zero attached hydrogens (tertiary/aromatic N) is 2. The Morgan fingerprint density at radius 1 is 1.12 bits per heavy atom. The number of nitrogens with one attached hydrogen (secondary N) is 1. The van der Waals surface area contributed by atoms with Crippen LogP contribution in [0.3, 0.4) is 0 Å². The van der Waals surface area contributed by atoms with Crippen molar-refractivity contribution < 1.29 is 8.91 Å². The number of anilines is 1. The summed E-state index contributed by atoms with van der Waals surface area (Å²) in [6, 6.07) is 12.8. The topological polar surface area (TPSA) is 51.0 Å². The highest BCUT2D eigenvalue weighted by molar-refractivity contribution is 5.55. The van der Waals surface area contributed by atoms with E-state index in [0.717, 1.165) is 16.8 Å². The van der Waals surface area contributed by atoms with E-state index in [1.165, 1.54) is 17.7 Å². The predicted octanol–water partition coefficient (Wildman–Crippen LogP) is 4.92. The SMILES string of the molecule is Cc1cc(F)ccc1NCc1nc(-c2ccc(C(C)C)cc2)no1. The lowest BCUT2D eigenvalue weighted by molar-refractivity contribution is 0.384. The van der Waals surface area contributed by atoms with Crippen LogP contribution >= 0.6 is 0 Å². The van der Waals surface area contributed by atoms with Crippen molar-refractivity contribution in [3.63, 3.8) is 0 Å². The number of benzene rings is 2. The summed E-state index contributed by atoms with van der Waals surface area (Å²) in [5.74, 6) is 1.30. The first kappa shape index (κ1) is 16.2. The van der Waals surface area contributed by atoms with Gasteiger partial charge in [-0.15, -0.1) is 0 Å². The number of aryl methyl sites for hydroxylation is 1. The highest BCUT2D eigenvalue weighted by Crippen LogP contribution is 2.21. The van der Waals surface area contributed by atoms with Gasteiger partial charge in [-0.2, -0.15) is 4.98 Å². The van der Waals surface area contributed by atoms with Gasteiger partial charge in [-0.25, -0.2) is 4.39 Å². The molecular formula is C19H20FN3O. The molecule has 0 amide bonds. The quantitative estimate of drug-likeness (QED) is 0.723. The molecule has 0 fully saturated rings. The third-order valence-corrected chi connectivity index (χ3v) is 3.92. The van der Waals surface area contributed by atoms with E-state index in [9.17, 15) is 4.39 Å². The summed E-state index contributed by atoms with van der Waals surface area (Å²) in [5.41, 5.74) is 3.87. The average Bonchev–Trinajstić information content (AvgIpc) is 3.03. The van der Waals surface area contributed by atoms with Gasteiger partial charge in [0.05, 0.1) is 6.54 Å². The van der Waals surface area contributed by atoms with Crippen LogP contribution in [0.4, 0.5) is 10.1 Å². The Bertz CT molecular complexity index is 825. The Kier molecular flexibility index (Phi) is 4.60. The summed E-state index contributed by atoms with van der Waals surface area (Å²) in [4.78, 5) is 4.40. The van der Waals surface area contributed by atoms with Gasteiger partial charge in [0.15, 0.2) is 0 Å². The van der Waals surface area contributed by atoms with E-state index in [1.54, 1.807) is 6.07 Å². The van der Waals surface area contributed by atoms with Crippen molar-refractivity contribution >= 4 is 5.69 Å². The van der Waals surface area contributed by atoms with Crippen molar-refractivity contribution in [1.82, 2.24) is 10.1 Å². The van der Waals surface area contributed by atoms with E-state index in [1.807, 2.05) is 19.1 Å². The van der Waals surface area contributed by atoms with E-state index < -0.39 is 0 Å². The Morgan fingerprint density at radius 3 is 2.54 bits per heavy atom. The first-order chi connectivity index (χ1) is 11.5. The molecule has 0 unspecified atom stereocenters. The third-order valence-electron chi connectivity index (χ3n) is 3.92. The fourth-order valence-electron chi connectivity index (χ4n) is 2.46. The molecule has 3 rings (SSSR count). The maximum Gasteiger partial charge on any atom is 0.246 e. The second-order valence-corrected chi connectivity index (χ2v) is 6.10. The van der Waals surface area contributed by atoms with Gasteiger partial charge in [0.2, 0.25) is 11.7 Å². The lowest BCUT2D eigenvalue weighted by Gasteiger charge is -2.06. The molecule has 4 nitrogen and oxygen atoms in total. The van der Waals surface area contributed by atoms with Crippen molar-refractivity contribution in [2.75, 3.05) is 5.32 Å². The van der Waals surface area contributed by atoms with E-state index in [4.69, 9.17) is 4.52 Å². The van der Waals surface area contributed by atoms with Gasteiger partial charge >= 0.3 is 0 Å². The zero-order valence-corrected chi connectivity index (χ0v) is 14.0. The Hall–Kier alpha value is -2.69. The number of aromatic nitrogens is 2. The van der Waals surface area contributed by atoms with Crippen LogP contribution in [0.1, 0.15) is 36.8 Å². The molecule has 5 heteroatoms. The predicted molar refractivity (Wildman–Crippen MR) is 92.3 cm³/mol. The Morgan fingerprint density at radius 2 is 1.88 bits per heavy atom. The van der Waals surface area contributed by atoms with Crippen molar-refractivity contribution in [1.29, 1.82) is 0 Å². The smallest absolute Gasteiger partial charge is 0.246 e. The van der Waals surface area contributed by atoms with Crippen LogP contribution in [0.25, 0.3) is 11.4 Å². The van der Waals surface area contributed by atoms with E-state index >= 15 is 0 Å². The molecule has 0 saturated heterocycles. The van der Waals surface area contributed by atoms with E-state index in [2.05, 4.69) is 41.4 Å². The summed E-state index contributed by atoms with van der Waals surface area (Å²) in [6.45, 7) is 6.56. The number of rotatable bonds is 5. The van der Waals surface area contributed by atoms with Crippen molar-refractivity contribution in [2.45, 2.75) is 33.2 Å². The van der Waals surface area contributed by atoms with E-state index in [0.29, 0.717) is 24.2 Å². The fourth-order valence-corrected chi connectivity index (χ4v) is 2.46. The Balaban J connectivity index is 1.69. The molecule has 124 valence electrons. The molecule has 0 aliphatic carbocycles. The maximum atomic E-state index is 13.1. The normalized spacial score (nSPS) is 11.0. The van der Waals surface area contributed by atoms with Crippen LogP contribution in [0.15, 0.2) is 47.0 Å². The molecule has 3 aromatic rings. The van der Waals surface area contributed by atoms with Gasteiger partial charge in [0, 0.05) is 11.3 Å². The highest BCUT2D eigenvalue weighted by atomic mass is 19.1. The van der Waals surface area contributed by atoms with Crippen LogP contribution in [0, 0.1) is 12.7 Å². The van der Waals surface area contributed by atoms with Crippen LogP contribution < -0.4 is 5.32 Å². The minimum atomic E-state index is -0.247. The Labute approximate surface area is 140 Å². The molecule has 0 saturated carbocycles. The second-order valence-electron chi connectivity index (χ2n) is 6.10. The minimum absolute atomic E-state index is 0.247. The molecule has 1 heterocycles. The lowest BCUT2D eigenvalue weighted by Crippen LogP contribution is -2.01. The van der Waals surface area contributed by atoms with Crippen molar-refractivity contribution in [3.8, 4) is 11.4 Å². The van der Waals surface area contributed by atoms with Gasteiger partial charge in [-0.1, -0.05) is 43.3 Å². The maximum absolute atomic E-state index is 13.1. The standard InChI is InChI=1S/C19H20FN3O/c1-12(2)14-4-6-15(7-5-14)19-22-18(24-23-19)11-21-17-9-8-16(20)10-13(17)3/h4-10,12,21H,11H2,1-3H3. The van der Waals surface area contributed by atoms with Gasteiger partial charge < -0.3 is 9.84 Å². The first-order valence-corrected chi connectivity index (χ1v) is 7.96. The molecule has 1 N–H and O–H groups in total. The van der Waals surface area contributed by atoms with Crippen LogP contribution in [0.2, 0.25) is 0 Å². The summed E-state index contributed by atoms with van der Waals surface area (Å²) in [6.07, 6.45) is 0. The largest absolute Gasteiger partial charge is 0.376 e. The number of hydrogen-bond acceptors (Lipinski definition) is 4. The molecular weight excluding hydrogens is 305 g/mol. The zero-order chi connectivity index (χ0) is 17.1. The monoisotopic (exact) mass is 325 g/mol. The second kappa shape index (κ2) is 6.83.